The van der Waals surface area contributed by atoms with Crippen LogP contribution in [0.3, 0.4) is 0 Å². The van der Waals surface area contributed by atoms with E-state index in [1.54, 1.807) is 32.9 Å². The van der Waals surface area contributed by atoms with Gasteiger partial charge in [-0.3, -0.25) is 10.1 Å². The number of anilines is 2. The summed E-state index contributed by atoms with van der Waals surface area (Å²) in [5.41, 5.74) is 0.534. The molecule has 0 saturated carbocycles. The van der Waals surface area contributed by atoms with E-state index in [1.165, 1.54) is 12.1 Å². The highest BCUT2D eigenvalue weighted by atomic mass is 19.1. The van der Waals surface area contributed by atoms with E-state index >= 15 is 0 Å². The van der Waals surface area contributed by atoms with E-state index < -0.39 is 23.4 Å². The Balaban J connectivity index is 2.04. The molecule has 2 N–H and O–H groups in total. The third kappa shape index (κ3) is 6.62. The maximum atomic E-state index is 13.6. The quantitative estimate of drug-likeness (QED) is 0.808. The molecule has 2 aromatic carbocycles. The number of amides is 2. The molecule has 144 valence electrons. The number of carbonyl (C=O) groups is 2. The van der Waals surface area contributed by atoms with Crippen LogP contribution < -0.4 is 15.4 Å². The molecule has 2 aromatic rings. The van der Waals surface area contributed by atoms with E-state index in [9.17, 15) is 14.0 Å². The number of benzene rings is 2. The van der Waals surface area contributed by atoms with Gasteiger partial charge in [0.1, 0.15) is 17.2 Å². The van der Waals surface area contributed by atoms with E-state index in [4.69, 9.17) is 9.47 Å². The summed E-state index contributed by atoms with van der Waals surface area (Å²) in [5.74, 6) is -0.463. The SMILES string of the molecule is Cc1ccccc1OCC(=O)Nc1cc(F)ccc1NC(=O)OC(C)(C)C. The van der Waals surface area contributed by atoms with Gasteiger partial charge in [-0.2, -0.15) is 0 Å². The largest absolute Gasteiger partial charge is 0.483 e. The molecule has 27 heavy (non-hydrogen) atoms. The molecule has 0 atom stereocenters. The molecule has 0 aliphatic carbocycles. The second-order valence-corrected chi connectivity index (χ2v) is 6.92. The molecule has 7 heteroatoms. The number of ether oxygens (including phenoxy) is 2. The van der Waals surface area contributed by atoms with Gasteiger partial charge in [0.2, 0.25) is 0 Å². The van der Waals surface area contributed by atoms with Crippen LogP contribution in [0.15, 0.2) is 42.5 Å². The molecule has 0 heterocycles. The van der Waals surface area contributed by atoms with E-state index in [2.05, 4.69) is 10.6 Å². The van der Waals surface area contributed by atoms with Crippen molar-refractivity contribution in [3.8, 4) is 5.75 Å². The van der Waals surface area contributed by atoms with Crippen molar-refractivity contribution in [2.75, 3.05) is 17.2 Å². The zero-order valence-electron chi connectivity index (χ0n) is 15.8. The van der Waals surface area contributed by atoms with Crippen LogP contribution in [0.5, 0.6) is 5.75 Å². The summed E-state index contributed by atoms with van der Waals surface area (Å²) in [6.07, 6.45) is -0.708. The molecule has 0 aliphatic heterocycles. The Morgan fingerprint density at radius 2 is 1.74 bits per heavy atom. The lowest BCUT2D eigenvalue weighted by Gasteiger charge is -2.20. The van der Waals surface area contributed by atoms with Crippen molar-refractivity contribution in [3.05, 3.63) is 53.8 Å². The van der Waals surface area contributed by atoms with Gasteiger partial charge in [-0.05, 0) is 57.5 Å². The predicted octanol–water partition coefficient (Wildman–Crippen LogP) is 4.50. The van der Waals surface area contributed by atoms with Gasteiger partial charge in [-0.1, -0.05) is 18.2 Å². The number of carbonyl (C=O) groups excluding carboxylic acids is 2. The molecule has 0 unspecified atom stereocenters. The van der Waals surface area contributed by atoms with Crippen LogP contribution in [-0.4, -0.2) is 24.2 Å². The molecule has 0 aromatic heterocycles. The van der Waals surface area contributed by atoms with Crippen molar-refractivity contribution in [2.24, 2.45) is 0 Å². The fraction of sp³-hybridized carbons (Fsp3) is 0.300. The van der Waals surface area contributed by atoms with Crippen LogP contribution >= 0.6 is 0 Å². The van der Waals surface area contributed by atoms with Crippen molar-refractivity contribution in [3.63, 3.8) is 0 Å². The molecule has 6 nitrogen and oxygen atoms in total. The molecule has 0 saturated heterocycles. The molecule has 0 spiro atoms. The van der Waals surface area contributed by atoms with Crippen LogP contribution in [0.1, 0.15) is 26.3 Å². The summed E-state index contributed by atoms with van der Waals surface area (Å²) in [6, 6.07) is 10.9. The molecular formula is C20H23FN2O4. The van der Waals surface area contributed by atoms with Crippen molar-refractivity contribution in [2.45, 2.75) is 33.3 Å². The number of rotatable bonds is 5. The lowest BCUT2D eigenvalue weighted by Crippen LogP contribution is -2.28. The van der Waals surface area contributed by atoms with Crippen molar-refractivity contribution in [1.82, 2.24) is 0 Å². The Morgan fingerprint density at radius 3 is 2.41 bits per heavy atom. The second kappa shape index (κ2) is 8.53. The van der Waals surface area contributed by atoms with Gasteiger partial charge in [0.05, 0.1) is 11.4 Å². The zero-order chi connectivity index (χ0) is 20.0. The summed E-state index contributed by atoms with van der Waals surface area (Å²) in [5, 5.41) is 5.03. The normalized spacial score (nSPS) is 10.9. The third-order valence-electron chi connectivity index (χ3n) is 3.34. The molecule has 0 fully saturated rings. The average molecular weight is 374 g/mol. The zero-order valence-corrected chi connectivity index (χ0v) is 15.8. The number of halogens is 1. The van der Waals surface area contributed by atoms with Gasteiger partial charge >= 0.3 is 6.09 Å². The maximum absolute atomic E-state index is 13.6. The Kier molecular flexibility index (Phi) is 6.39. The minimum Gasteiger partial charge on any atom is -0.483 e. The topological polar surface area (TPSA) is 76.7 Å². The van der Waals surface area contributed by atoms with Gasteiger partial charge in [0.25, 0.3) is 5.91 Å². The summed E-state index contributed by atoms with van der Waals surface area (Å²) >= 11 is 0. The van der Waals surface area contributed by atoms with Gasteiger partial charge in [-0.25, -0.2) is 9.18 Å². The monoisotopic (exact) mass is 374 g/mol. The highest BCUT2D eigenvalue weighted by Gasteiger charge is 2.18. The molecular weight excluding hydrogens is 351 g/mol. The highest BCUT2D eigenvalue weighted by Crippen LogP contribution is 2.24. The van der Waals surface area contributed by atoms with E-state index in [-0.39, 0.29) is 18.0 Å². The Labute approximate surface area is 157 Å². The van der Waals surface area contributed by atoms with Gasteiger partial charge in [0.15, 0.2) is 6.61 Å². The van der Waals surface area contributed by atoms with E-state index in [1.807, 2.05) is 19.1 Å². The summed E-state index contributed by atoms with van der Waals surface area (Å²) in [6.45, 7) is 6.78. The van der Waals surface area contributed by atoms with Crippen LogP contribution in [0.2, 0.25) is 0 Å². The Morgan fingerprint density at radius 1 is 1.04 bits per heavy atom. The molecule has 2 rings (SSSR count). The minimum absolute atomic E-state index is 0.110. The number of aryl methyl sites for hydroxylation is 1. The van der Waals surface area contributed by atoms with Crippen LogP contribution in [-0.2, 0) is 9.53 Å². The molecule has 0 radical (unpaired) electrons. The first-order valence-corrected chi connectivity index (χ1v) is 8.42. The van der Waals surface area contributed by atoms with Crippen molar-refractivity contribution in [1.29, 1.82) is 0 Å². The van der Waals surface area contributed by atoms with E-state index in [0.717, 1.165) is 11.6 Å². The first kappa shape index (κ1) is 20.2. The van der Waals surface area contributed by atoms with Crippen LogP contribution in [0.25, 0.3) is 0 Å². The summed E-state index contributed by atoms with van der Waals surface area (Å²) in [7, 11) is 0. The molecule has 2 amide bonds. The number of para-hydroxylation sites is 1. The van der Waals surface area contributed by atoms with Crippen molar-refractivity contribution >= 4 is 23.4 Å². The smallest absolute Gasteiger partial charge is 0.412 e. The van der Waals surface area contributed by atoms with Crippen LogP contribution in [0, 0.1) is 12.7 Å². The molecule has 0 aliphatic rings. The lowest BCUT2D eigenvalue weighted by molar-refractivity contribution is -0.118. The highest BCUT2D eigenvalue weighted by molar-refractivity contribution is 5.98. The minimum atomic E-state index is -0.708. The first-order valence-electron chi connectivity index (χ1n) is 8.42. The Hall–Kier alpha value is -3.09. The summed E-state index contributed by atoms with van der Waals surface area (Å²) < 4.78 is 24.2. The number of hydrogen-bond acceptors (Lipinski definition) is 4. The third-order valence-corrected chi connectivity index (χ3v) is 3.34. The fourth-order valence-electron chi connectivity index (χ4n) is 2.19. The van der Waals surface area contributed by atoms with E-state index in [0.29, 0.717) is 5.75 Å². The lowest BCUT2D eigenvalue weighted by atomic mass is 10.2. The Bertz CT molecular complexity index is 831. The van der Waals surface area contributed by atoms with Crippen molar-refractivity contribution < 1.29 is 23.5 Å². The van der Waals surface area contributed by atoms with Gasteiger partial charge in [-0.15, -0.1) is 0 Å². The van der Waals surface area contributed by atoms with Gasteiger partial charge in [0, 0.05) is 0 Å². The first-order chi connectivity index (χ1) is 12.6. The number of hydrogen-bond donors (Lipinski definition) is 2. The molecule has 0 bridgehead atoms. The predicted molar refractivity (Wildman–Crippen MR) is 102 cm³/mol. The maximum Gasteiger partial charge on any atom is 0.412 e. The number of nitrogens with one attached hydrogen (secondary N) is 2. The summed E-state index contributed by atoms with van der Waals surface area (Å²) in [4.78, 5) is 24.1. The average Bonchev–Trinajstić information content (AvgIpc) is 2.55. The van der Waals surface area contributed by atoms with Crippen LogP contribution in [0.4, 0.5) is 20.6 Å². The standard InChI is InChI=1S/C20H23FN2O4/c1-13-7-5-6-8-17(13)26-12-18(24)22-16-11-14(21)9-10-15(16)23-19(25)27-20(2,3)4/h5-11H,12H2,1-4H3,(H,22,24)(H,23,25). The fourth-order valence-corrected chi connectivity index (χ4v) is 2.19. The second-order valence-electron chi connectivity index (χ2n) is 6.92. The van der Waals surface area contributed by atoms with Gasteiger partial charge < -0.3 is 14.8 Å².